The van der Waals surface area contributed by atoms with E-state index in [2.05, 4.69) is 5.32 Å². The Hall–Kier alpha value is -2.82. The van der Waals surface area contributed by atoms with Crippen molar-refractivity contribution in [2.45, 2.75) is 26.2 Å². The van der Waals surface area contributed by atoms with Crippen LogP contribution in [0.4, 0.5) is 5.69 Å². The van der Waals surface area contributed by atoms with Crippen molar-refractivity contribution in [1.29, 1.82) is 0 Å². The molecule has 0 unspecified atom stereocenters. The van der Waals surface area contributed by atoms with Gasteiger partial charge in [0.25, 0.3) is 0 Å². The number of carboxylic acids is 1. The smallest absolute Gasteiger partial charge is 0.310 e. The van der Waals surface area contributed by atoms with Crippen molar-refractivity contribution in [3.8, 4) is 5.75 Å². The molecule has 0 aromatic heterocycles. The van der Waals surface area contributed by atoms with Gasteiger partial charge in [-0.3, -0.25) is 9.59 Å². The number of aliphatic carboxylic acids is 1. The molecule has 5 heteroatoms. The van der Waals surface area contributed by atoms with Gasteiger partial charge in [-0.1, -0.05) is 36.4 Å². The number of hydrogen-bond acceptors (Lipinski definition) is 3. The molecule has 0 bridgehead atoms. The lowest BCUT2D eigenvalue weighted by Gasteiger charge is -2.23. The number of carboxylic acid groups (broad SMARTS) is 1. The van der Waals surface area contributed by atoms with Gasteiger partial charge < -0.3 is 15.2 Å². The fraction of sp³-hybridized carbons (Fsp3) is 0.300. The van der Waals surface area contributed by atoms with Crippen molar-refractivity contribution in [3.63, 3.8) is 0 Å². The van der Waals surface area contributed by atoms with Crippen LogP contribution in [0.25, 0.3) is 0 Å². The van der Waals surface area contributed by atoms with E-state index in [9.17, 15) is 14.7 Å². The van der Waals surface area contributed by atoms with Crippen LogP contribution in [-0.2, 0) is 22.4 Å². The highest BCUT2D eigenvalue weighted by atomic mass is 16.5. The molecule has 2 aromatic rings. The Morgan fingerprint density at radius 2 is 1.68 bits per heavy atom. The Morgan fingerprint density at radius 1 is 1.08 bits per heavy atom. The van der Waals surface area contributed by atoms with E-state index in [1.165, 1.54) is 0 Å². The predicted octanol–water partition coefficient (Wildman–Crippen LogP) is 3.28. The van der Waals surface area contributed by atoms with Gasteiger partial charge in [0.1, 0.15) is 5.75 Å². The van der Waals surface area contributed by atoms with Crippen LogP contribution in [-0.4, -0.2) is 23.6 Å². The summed E-state index contributed by atoms with van der Waals surface area (Å²) in [5.74, 6) is -0.670. The molecule has 0 heterocycles. The second-order valence-corrected chi connectivity index (χ2v) is 6.36. The number of ether oxygens (including phenoxy) is 1. The number of carbonyl (C=O) groups is 2. The summed E-state index contributed by atoms with van der Waals surface area (Å²) in [5.41, 5.74) is 1.49. The summed E-state index contributed by atoms with van der Waals surface area (Å²) in [5, 5.41) is 12.6. The second-order valence-electron chi connectivity index (χ2n) is 6.36. The summed E-state index contributed by atoms with van der Waals surface area (Å²) in [7, 11) is 0. The first kappa shape index (κ1) is 17.0. The van der Waals surface area contributed by atoms with Crippen LogP contribution >= 0.6 is 0 Å². The SMILES string of the molecule is CCOc1ccccc1NC(=O)CC1(C(=O)O)Cc2ccccc2C1. The van der Waals surface area contributed by atoms with E-state index < -0.39 is 11.4 Å². The van der Waals surface area contributed by atoms with Gasteiger partial charge in [-0.2, -0.15) is 0 Å². The number of para-hydroxylation sites is 2. The van der Waals surface area contributed by atoms with E-state index in [1.54, 1.807) is 18.2 Å². The first-order valence-corrected chi connectivity index (χ1v) is 8.36. The van der Waals surface area contributed by atoms with Gasteiger partial charge in [-0.25, -0.2) is 0 Å². The average molecular weight is 339 g/mol. The minimum absolute atomic E-state index is 0.0720. The van der Waals surface area contributed by atoms with Crippen LogP contribution in [0, 0.1) is 5.41 Å². The zero-order valence-electron chi connectivity index (χ0n) is 14.1. The molecule has 130 valence electrons. The van der Waals surface area contributed by atoms with Crippen LogP contribution in [0.3, 0.4) is 0 Å². The number of rotatable bonds is 6. The van der Waals surface area contributed by atoms with E-state index in [0.29, 0.717) is 30.9 Å². The molecule has 25 heavy (non-hydrogen) atoms. The lowest BCUT2D eigenvalue weighted by Crippen LogP contribution is -2.36. The van der Waals surface area contributed by atoms with Crippen molar-refractivity contribution < 1.29 is 19.4 Å². The highest BCUT2D eigenvalue weighted by Crippen LogP contribution is 2.40. The standard InChI is InChI=1S/C20H21NO4/c1-2-25-17-10-6-5-9-16(17)21-18(22)13-20(19(23)24)11-14-7-3-4-8-15(14)12-20/h3-10H,2,11-13H2,1H3,(H,21,22)(H,23,24). The molecular weight excluding hydrogens is 318 g/mol. The molecule has 0 saturated heterocycles. The Labute approximate surface area is 146 Å². The summed E-state index contributed by atoms with van der Waals surface area (Å²) in [6, 6.07) is 14.8. The summed E-state index contributed by atoms with van der Waals surface area (Å²) < 4.78 is 5.50. The van der Waals surface area contributed by atoms with Crippen molar-refractivity contribution >= 4 is 17.6 Å². The first-order chi connectivity index (χ1) is 12.0. The minimum atomic E-state index is -1.09. The van der Waals surface area contributed by atoms with E-state index >= 15 is 0 Å². The van der Waals surface area contributed by atoms with Gasteiger partial charge in [0.15, 0.2) is 0 Å². The summed E-state index contributed by atoms with van der Waals surface area (Å²) >= 11 is 0. The van der Waals surface area contributed by atoms with E-state index in [4.69, 9.17) is 4.74 Å². The quantitative estimate of drug-likeness (QED) is 0.847. The zero-order valence-corrected chi connectivity index (χ0v) is 14.1. The maximum Gasteiger partial charge on any atom is 0.310 e. The number of nitrogens with one attached hydrogen (secondary N) is 1. The van der Waals surface area contributed by atoms with Crippen LogP contribution in [0.5, 0.6) is 5.75 Å². The number of anilines is 1. The number of amides is 1. The molecule has 2 N–H and O–H groups in total. The molecule has 0 atom stereocenters. The Bertz CT molecular complexity index is 775. The van der Waals surface area contributed by atoms with Crippen LogP contribution in [0.1, 0.15) is 24.5 Å². The lowest BCUT2D eigenvalue weighted by atomic mass is 9.81. The Morgan fingerprint density at radius 3 is 2.28 bits per heavy atom. The zero-order chi connectivity index (χ0) is 17.9. The average Bonchev–Trinajstić information content (AvgIpc) is 2.96. The van der Waals surface area contributed by atoms with Gasteiger partial charge in [0.2, 0.25) is 5.91 Å². The van der Waals surface area contributed by atoms with Crippen molar-refractivity contribution in [1.82, 2.24) is 0 Å². The molecule has 3 rings (SSSR count). The van der Waals surface area contributed by atoms with Gasteiger partial charge >= 0.3 is 5.97 Å². The Kier molecular flexibility index (Phi) is 4.74. The number of benzene rings is 2. The van der Waals surface area contributed by atoms with Gasteiger partial charge in [0.05, 0.1) is 17.7 Å². The molecule has 0 saturated carbocycles. The summed E-state index contributed by atoms with van der Waals surface area (Å²) in [4.78, 5) is 24.5. The number of carbonyl (C=O) groups excluding carboxylic acids is 1. The van der Waals surface area contributed by atoms with Crippen molar-refractivity contribution in [2.75, 3.05) is 11.9 Å². The second kappa shape index (κ2) is 6.97. The summed E-state index contributed by atoms with van der Waals surface area (Å²) in [6.45, 7) is 2.36. The van der Waals surface area contributed by atoms with E-state index in [-0.39, 0.29) is 12.3 Å². The van der Waals surface area contributed by atoms with Gasteiger partial charge in [0, 0.05) is 6.42 Å². The van der Waals surface area contributed by atoms with Crippen molar-refractivity contribution in [2.24, 2.45) is 5.41 Å². The summed E-state index contributed by atoms with van der Waals surface area (Å²) in [6.07, 6.45) is 0.676. The van der Waals surface area contributed by atoms with E-state index in [0.717, 1.165) is 11.1 Å². The third-order valence-corrected chi connectivity index (χ3v) is 4.59. The first-order valence-electron chi connectivity index (χ1n) is 8.36. The minimum Gasteiger partial charge on any atom is -0.492 e. The maximum absolute atomic E-state index is 12.6. The highest BCUT2D eigenvalue weighted by molar-refractivity contribution is 5.95. The molecular formula is C20H21NO4. The molecule has 0 fully saturated rings. The van der Waals surface area contributed by atoms with Gasteiger partial charge in [-0.05, 0) is 43.0 Å². The van der Waals surface area contributed by atoms with Crippen LogP contribution in [0.2, 0.25) is 0 Å². The highest BCUT2D eigenvalue weighted by Gasteiger charge is 2.45. The molecule has 1 amide bonds. The lowest BCUT2D eigenvalue weighted by molar-refractivity contribution is -0.150. The molecule has 0 radical (unpaired) electrons. The maximum atomic E-state index is 12.6. The van der Waals surface area contributed by atoms with Gasteiger partial charge in [-0.15, -0.1) is 0 Å². The van der Waals surface area contributed by atoms with Crippen LogP contribution in [0.15, 0.2) is 48.5 Å². The number of hydrogen-bond donors (Lipinski definition) is 2. The molecule has 2 aromatic carbocycles. The predicted molar refractivity (Wildman–Crippen MR) is 94.8 cm³/mol. The topological polar surface area (TPSA) is 75.6 Å². The van der Waals surface area contributed by atoms with Crippen LogP contribution < -0.4 is 10.1 Å². The number of fused-ring (bicyclic) bond motifs is 1. The van der Waals surface area contributed by atoms with Crippen molar-refractivity contribution in [3.05, 3.63) is 59.7 Å². The fourth-order valence-corrected chi connectivity index (χ4v) is 3.40. The normalized spacial score (nSPS) is 14.6. The molecule has 0 spiro atoms. The third-order valence-electron chi connectivity index (χ3n) is 4.59. The monoisotopic (exact) mass is 339 g/mol. The molecule has 0 aliphatic heterocycles. The fourth-order valence-electron chi connectivity index (χ4n) is 3.40. The molecule has 1 aliphatic carbocycles. The third kappa shape index (κ3) is 3.50. The Balaban J connectivity index is 1.76. The molecule has 1 aliphatic rings. The molecule has 5 nitrogen and oxygen atoms in total. The largest absolute Gasteiger partial charge is 0.492 e. The van der Waals surface area contributed by atoms with E-state index in [1.807, 2.05) is 37.3 Å².